The van der Waals surface area contributed by atoms with Crippen LogP contribution in [0.3, 0.4) is 0 Å². The van der Waals surface area contributed by atoms with Crippen molar-refractivity contribution in [3.05, 3.63) is 77.2 Å². The van der Waals surface area contributed by atoms with Crippen molar-refractivity contribution >= 4 is 17.8 Å². The number of rotatable bonds is 3. The van der Waals surface area contributed by atoms with E-state index in [-0.39, 0.29) is 11.7 Å². The summed E-state index contributed by atoms with van der Waals surface area (Å²) in [6, 6.07) is 15.8. The number of benzene rings is 2. The number of amidine groups is 1. The number of halogens is 1. The lowest BCUT2D eigenvalue weighted by atomic mass is 10.1. The van der Waals surface area contributed by atoms with E-state index in [0.717, 1.165) is 5.56 Å². The van der Waals surface area contributed by atoms with E-state index < -0.39 is 0 Å². The highest BCUT2D eigenvalue weighted by molar-refractivity contribution is 6.14. The van der Waals surface area contributed by atoms with Crippen molar-refractivity contribution in [2.75, 3.05) is 0 Å². The summed E-state index contributed by atoms with van der Waals surface area (Å²) in [5.41, 5.74) is 1.99. The number of nitrogens with one attached hydrogen (secondary N) is 1. The van der Waals surface area contributed by atoms with Crippen LogP contribution in [-0.2, 0) is 11.2 Å². The number of aliphatic imine (C=N–C) groups is 1. The number of hydrogen-bond donors (Lipinski definition) is 1. The zero-order valence-electron chi connectivity index (χ0n) is 11.2. The van der Waals surface area contributed by atoms with Crippen LogP contribution in [0, 0.1) is 5.82 Å². The number of carbonyl (C=O) groups excluding carboxylic acids is 1. The summed E-state index contributed by atoms with van der Waals surface area (Å²) in [5.74, 6) is 0.00953. The summed E-state index contributed by atoms with van der Waals surface area (Å²) in [6.45, 7) is 0. The molecule has 0 saturated carbocycles. The average Bonchev–Trinajstić information content (AvgIpc) is 2.80. The van der Waals surface area contributed by atoms with Gasteiger partial charge in [-0.1, -0.05) is 42.5 Å². The second-order valence-corrected chi connectivity index (χ2v) is 4.76. The molecule has 4 heteroatoms. The summed E-state index contributed by atoms with van der Waals surface area (Å²) in [6.07, 6.45) is 2.14. The van der Waals surface area contributed by atoms with Gasteiger partial charge < -0.3 is 5.32 Å². The molecule has 1 heterocycles. The molecule has 3 rings (SSSR count). The summed E-state index contributed by atoms with van der Waals surface area (Å²) in [4.78, 5) is 16.2. The Morgan fingerprint density at radius 1 is 1.10 bits per heavy atom. The van der Waals surface area contributed by atoms with Crippen LogP contribution in [0.2, 0.25) is 0 Å². The van der Waals surface area contributed by atoms with Gasteiger partial charge in [-0.15, -0.1) is 0 Å². The second kappa shape index (κ2) is 5.71. The second-order valence-electron chi connectivity index (χ2n) is 4.76. The van der Waals surface area contributed by atoms with Gasteiger partial charge in [0.1, 0.15) is 17.3 Å². The largest absolute Gasteiger partial charge is 0.308 e. The topological polar surface area (TPSA) is 41.5 Å². The fourth-order valence-electron chi connectivity index (χ4n) is 2.14. The maximum atomic E-state index is 13.1. The van der Waals surface area contributed by atoms with Crippen molar-refractivity contribution in [2.45, 2.75) is 6.42 Å². The normalized spacial score (nSPS) is 16.0. The van der Waals surface area contributed by atoms with E-state index in [4.69, 9.17) is 0 Å². The van der Waals surface area contributed by atoms with Crippen molar-refractivity contribution < 1.29 is 9.18 Å². The molecule has 2 aromatic carbocycles. The predicted octanol–water partition coefficient (Wildman–Crippen LogP) is 2.94. The summed E-state index contributed by atoms with van der Waals surface area (Å²) >= 11 is 0. The van der Waals surface area contributed by atoms with E-state index >= 15 is 0 Å². The minimum absolute atomic E-state index is 0.259. The summed E-state index contributed by atoms with van der Waals surface area (Å²) in [5, 5.41) is 2.74. The van der Waals surface area contributed by atoms with Crippen molar-refractivity contribution in [2.24, 2.45) is 4.99 Å². The Morgan fingerprint density at radius 3 is 2.67 bits per heavy atom. The smallest absolute Gasteiger partial charge is 0.275 e. The van der Waals surface area contributed by atoms with Crippen molar-refractivity contribution in [3.63, 3.8) is 0 Å². The molecule has 0 bridgehead atoms. The van der Waals surface area contributed by atoms with Gasteiger partial charge in [-0.05, 0) is 29.3 Å². The zero-order valence-corrected chi connectivity index (χ0v) is 11.2. The molecule has 0 spiro atoms. The van der Waals surface area contributed by atoms with Crippen LogP contribution >= 0.6 is 0 Å². The Labute approximate surface area is 121 Å². The first-order chi connectivity index (χ1) is 10.2. The van der Waals surface area contributed by atoms with Gasteiger partial charge in [0, 0.05) is 6.42 Å². The van der Waals surface area contributed by atoms with Gasteiger partial charge in [0.15, 0.2) is 0 Å². The first-order valence-corrected chi connectivity index (χ1v) is 6.61. The average molecular weight is 280 g/mol. The third-order valence-corrected chi connectivity index (χ3v) is 3.11. The van der Waals surface area contributed by atoms with Gasteiger partial charge in [0.05, 0.1) is 0 Å². The third-order valence-electron chi connectivity index (χ3n) is 3.11. The zero-order chi connectivity index (χ0) is 14.7. The maximum absolute atomic E-state index is 13.1. The molecule has 0 radical (unpaired) electrons. The van der Waals surface area contributed by atoms with Crippen LogP contribution in [0.25, 0.3) is 6.08 Å². The molecule has 104 valence electrons. The van der Waals surface area contributed by atoms with Crippen LogP contribution in [-0.4, -0.2) is 11.7 Å². The highest BCUT2D eigenvalue weighted by atomic mass is 19.1. The fourth-order valence-corrected chi connectivity index (χ4v) is 2.14. The molecule has 0 aromatic heterocycles. The Balaban J connectivity index is 1.82. The first-order valence-electron chi connectivity index (χ1n) is 6.61. The van der Waals surface area contributed by atoms with E-state index in [2.05, 4.69) is 10.3 Å². The molecule has 21 heavy (non-hydrogen) atoms. The maximum Gasteiger partial charge on any atom is 0.275 e. The Hall–Kier alpha value is -2.75. The van der Waals surface area contributed by atoms with Crippen LogP contribution in [0.1, 0.15) is 11.1 Å². The molecule has 1 amide bonds. The standard InChI is InChI=1S/C17H13FN2O/c18-14-8-4-7-13(9-14)10-15-17(21)20-16(19-15)11-12-5-2-1-3-6-12/h1-10H,11H2,(H,19,20,21)/b15-10+. The molecular weight excluding hydrogens is 267 g/mol. The number of carbonyl (C=O) groups is 1. The Kier molecular flexibility index (Phi) is 3.60. The lowest BCUT2D eigenvalue weighted by molar-refractivity contribution is -0.115. The molecule has 0 aliphatic carbocycles. The summed E-state index contributed by atoms with van der Waals surface area (Å²) in [7, 11) is 0. The Morgan fingerprint density at radius 2 is 1.90 bits per heavy atom. The molecular formula is C17H13FN2O. The van der Waals surface area contributed by atoms with Gasteiger partial charge in [0.2, 0.25) is 0 Å². The van der Waals surface area contributed by atoms with Gasteiger partial charge in [-0.2, -0.15) is 0 Å². The van der Waals surface area contributed by atoms with E-state index in [1.807, 2.05) is 30.3 Å². The highest BCUT2D eigenvalue weighted by Crippen LogP contribution is 2.14. The molecule has 1 aliphatic rings. The van der Waals surface area contributed by atoms with Gasteiger partial charge in [-0.3, -0.25) is 4.79 Å². The lowest BCUT2D eigenvalue weighted by Crippen LogP contribution is -2.25. The van der Waals surface area contributed by atoms with Crippen molar-refractivity contribution in [1.82, 2.24) is 5.32 Å². The molecule has 0 saturated heterocycles. The fraction of sp³-hybridized carbons (Fsp3) is 0.0588. The predicted molar refractivity (Wildman–Crippen MR) is 80.1 cm³/mol. The van der Waals surface area contributed by atoms with E-state index in [1.165, 1.54) is 12.1 Å². The van der Waals surface area contributed by atoms with Crippen molar-refractivity contribution in [1.29, 1.82) is 0 Å². The van der Waals surface area contributed by atoms with E-state index in [9.17, 15) is 9.18 Å². The van der Waals surface area contributed by atoms with Crippen LogP contribution in [0.5, 0.6) is 0 Å². The molecule has 1 N–H and O–H groups in total. The number of amides is 1. The lowest BCUT2D eigenvalue weighted by Gasteiger charge is -1.99. The first kappa shape index (κ1) is 13.2. The summed E-state index contributed by atoms with van der Waals surface area (Å²) < 4.78 is 13.1. The van der Waals surface area contributed by atoms with E-state index in [0.29, 0.717) is 23.5 Å². The van der Waals surface area contributed by atoms with Gasteiger partial charge in [0.25, 0.3) is 5.91 Å². The van der Waals surface area contributed by atoms with Crippen LogP contribution < -0.4 is 5.32 Å². The van der Waals surface area contributed by atoms with Crippen LogP contribution in [0.4, 0.5) is 4.39 Å². The van der Waals surface area contributed by atoms with Gasteiger partial charge in [-0.25, -0.2) is 9.38 Å². The SMILES string of the molecule is O=C1NC(Cc2ccccc2)=N/C1=C/c1cccc(F)c1. The monoisotopic (exact) mass is 280 g/mol. The van der Waals surface area contributed by atoms with E-state index in [1.54, 1.807) is 18.2 Å². The van der Waals surface area contributed by atoms with Gasteiger partial charge >= 0.3 is 0 Å². The third kappa shape index (κ3) is 3.23. The molecule has 1 aliphatic heterocycles. The molecule has 0 unspecified atom stereocenters. The quantitative estimate of drug-likeness (QED) is 0.863. The minimum Gasteiger partial charge on any atom is -0.308 e. The minimum atomic E-state index is -0.337. The molecule has 0 fully saturated rings. The molecule has 3 nitrogen and oxygen atoms in total. The number of hydrogen-bond acceptors (Lipinski definition) is 2. The Bertz CT molecular complexity index is 735. The highest BCUT2D eigenvalue weighted by Gasteiger charge is 2.19. The number of nitrogens with zero attached hydrogens (tertiary/aromatic N) is 1. The molecule has 0 atom stereocenters. The van der Waals surface area contributed by atoms with Crippen molar-refractivity contribution in [3.8, 4) is 0 Å². The van der Waals surface area contributed by atoms with Crippen LogP contribution in [0.15, 0.2) is 65.3 Å². The molecule has 2 aromatic rings.